The van der Waals surface area contributed by atoms with Gasteiger partial charge >= 0.3 is 0 Å². The Morgan fingerprint density at radius 3 is 2.26 bits per heavy atom. The van der Waals surface area contributed by atoms with Crippen LogP contribution < -0.4 is 0 Å². The summed E-state index contributed by atoms with van der Waals surface area (Å²) in [5, 5.41) is 11.0. The molecule has 4 saturated carbocycles. The Labute approximate surface area is 255 Å². The van der Waals surface area contributed by atoms with Gasteiger partial charge in [-0.25, -0.2) is 0 Å². The third-order valence-electron chi connectivity index (χ3n) is 15.0. The van der Waals surface area contributed by atoms with Gasteiger partial charge in [-0.15, -0.1) is 0 Å². The molecule has 0 unspecified atom stereocenters. The minimum Gasteiger partial charge on any atom is -0.393 e. The van der Waals surface area contributed by atoms with E-state index in [1.54, 1.807) is 0 Å². The Bertz CT molecular complexity index is 1200. The number of likely N-dealkylation sites (N-methyl/N-ethyl adjacent to an activating group) is 1. The van der Waals surface area contributed by atoms with Crippen LogP contribution in [-0.4, -0.2) is 65.9 Å². The standard InChI is InChI=1S/C37H58N2O3/c1-32(2)28-9-14-37(7)31(35(28,5)13-10-29(32)41)27(40)23-25-26-24-33(3,15-16-34(26,4)17-18-36(25,37)6)12-11-30(42)39-21-19-38(8)20-22-39/h11-12,23,26,28-29,31,41H,9-10,13-22,24H2,1-8H3/b12-11+/t26-,28-,29-,31+,33-,34+,35-,36+,37+/m0/s1. The number of ketones is 1. The fourth-order valence-electron chi connectivity index (χ4n) is 11.8. The maximum atomic E-state index is 14.5. The SMILES string of the molecule is CN1CCN(C(=O)/C=C/[C@@]2(C)CC[C@]3(C)CC[C@]4(C)C(=CC(=O)[C@@H]5[C@@]6(C)CC[C@H](O)C(C)(C)[C@@H]6CC[C@]54C)[C@@H]3C2)CC1. The van der Waals surface area contributed by atoms with Gasteiger partial charge in [0.1, 0.15) is 0 Å². The van der Waals surface area contributed by atoms with Crippen LogP contribution >= 0.6 is 0 Å². The van der Waals surface area contributed by atoms with Gasteiger partial charge in [-0.2, -0.15) is 0 Å². The number of allylic oxidation sites excluding steroid dienone is 3. The fourth-order valence-corrected chi connectivity index (χ4v) is 11.8. The molecule has 0 aromatic carbocycles. The molecule has 5 heteroatoms. The molecule has 5 fully saturated rings. The zero-order chi connectivity index (χ0) is 30.5. The summed E-state index contributed by atoms with van der Waals surface area (Å²) in [5.41, 5.74) is 1.29. The maximum absolute atomic E-state index is 14.5. The van der Waals surface area contributed by atoms with E-state index in [1.165, 1.54) is 12.0 Å². The molecule has 234 valence electrons. The number of rotatable bonds is 2. The topological polar surface area (TPSA) is 60.9 Å². The summed E-state index contributed by atoms with van der Waals surface area (Å²) in [7, 11) is 2.12. The lowest BCUT2D eigenvalue weighted by atomic mass is 9.33. The molecule has 9 atom stereocenters. The van der Waals surface area contributed by atoms with Gasteiger partial charge in [0.25, 0.3) is 0 Å². The van der Waals surface area contributed by atoms with E-state index >= 15 is 0 Å². The van der Waals surface area contributed by atoms with Crippen molar-refractivity contribution in [3.05, 3.63) is 23.8 Å². The maximum Gasteiger partial charge on any atom is 0.246 e. The Morgan fingerprint density at radius 1 is 0.905 bits per heavy atom. The van der Waals surface area contributed by atoms with Crippen LogP contribution in [0.5, 0.6) is 0 Å². The average molecular weight is 579 g/mol. The van der Waals surface area contributed by atoms with Crippen molar-refractivity contribution in [2.24, 2.45) is 50.2 Å². The summed E-state index contributed by atoms with van der Waals surface area (Å²) >= 11 is 0. The zero-order valence-electron chi connectivity index (χ0n) is 27.9. The molecule has 6 aliphatic rings. The molecule has 1 heterocycles. The predicted molar refractivity (Wildman–Crippen MR) is 169 cm³/mol. The molecular formula is C37H58N2O3. The molecule has 6 rings (SSSR count). The summed E-state index contributed by atoms with van der Waals surface area (Å²) in [6.07, 6.45) is 15.5. The number of aliphatic hydroxyl groups excluding tert-OH is 1. The molecule has 1 saturated heterocycles. The van der Waals surface area contributed by atoms with E-state index in [0.717, 1.165) is 77.5 Å². The number of amides is 1. The molecular weight excluding hydrogens is 520 g/mol. The molecule has 1 amide bonds. The van der Waals surface area contributed by atoms with Crippen LogP contribution in [0.25, 0.3) is 0 Å². The summed E-state index contributed by atoms with van der Waals surface area (Å²) in [6.45, 7) is 20.2. The molecule has 5 aliphatic carbocycles. The van der Waals surface area contributed by atoms with Crippen molar-refractivity contribution in [3.63, 3.8) is 0 Å². The van der Waals surface area contributed by atoms with Crippen molar-refractivity contribution in [1.82, 2.24) is 9.80 Å². The minimum absolute atomic E-state index is 0.00154. The van der Waals surface area contributed by atoms with E-state index in [2.05, 4.69) is 72.6 Å². The highest BCUT2D eigenvalue weighted by Crippen LogP contribution is 2.75. The van der Waals surface area contributed by atoms with Crippen molar-refractivity contribution in [2.75, 3.05) is 33.2 Å². The van der Waals surface area contributed by atoms with Crippen LogP contribution in [-0.2, 0) is 9.59 Å². The van der Waals surface area contributed by atoms with E-state index in [9.17, 15) is 14.7 Å². The van der Waals surface area contributed by atoms with Crippen LogP contribution in [0.1, 0.15) is 106 Å². The van der Waals surface area contributed by atoms with Gasteiger partial charge in [0.15, 0.2) is 5.78 Å². The summed E-state index contributed by atoms with van der Waals surface area (Å²) < 4.78 is 0. The van der Waals surface area contributed by atoms with Crippen LogP contribution in [0.2, 0.25) is 0 Å². The molecule has 0 spiro atoms. The van der Waals surface area contributed by atoms with E-state index < -0.39 is 0 Å². The first-order valence-corrected chi connectivity index (χ1v) is 17.1. The smallest absolute Gasteiger partial charge is 0.246 e. The second-order valence-electron chi connectivity index (χ2n) is 17.7. The quantitative estimate of drug-likeness (QED) is 0.373. The monoisotopic (exact) mass is 578 g/mol. The third-order valence-corrected chi connectivity index (χ3v) is 15.0. The van der Waals surface area contributed by atoms with E-state index in [1.807, 2.05) is 11.0 Å². The summed E-state index contributed by atoms with van der Waals surface area (Å²) in [6, 6.07) is 0. The highest BCUT2D eigenvalue weighted by molar-refractivity contribution is 5.95. The first-order chi connectivity index (χ1) is 19.5. The molecule has 0 aromatic rings. The van der Waals surface area contributed by atoms with Gasteiger partial charge in [0.2, 0.25) is 5.91 Å². The molecule has 42 heavy (non-hydrogen) atoms. The Morgan fingerprint density at radius 2 is 1.57 bits per heavy atom. The lowest BCUT2D eigenvalue weighted by Gasteiger charge is -2.70. The summed E-state index contributed by atoms with van der Waals surface area (Å²) in [4.78, 5) is 31.9. The molecule has 0 radical (unpaired) electrons. The van der Waals surface area contributed by atoms with Crippen molar-refractivity contribution in [1.29, 1.82) is 0 Å². The molecule has 1 aliphatic heterocycles. The third kappa shape index (κ3) is 4.29. The van der Waals surface area contributed by atoms with Crippen LogP contribution in [0, 0.1) is 50.2 Å². The normalized spacial score (nSPS) is 49.0. The van der Waals surface area contributed by atoms with E-state index in [4.69, 9.17) is 0 Å². The van der Waals surface area contributed by atoms with Crippen LogP contribution in [0.15, 0.2) is 23.8 Å². The minimum atomic E-state index is -0.285. The molecule has 0 aromatic heterocycles. The van der Waals surface area contributed by atoms with Gasteiger partial charge in [-0.1, -0.05) is 60.1 Å². The number of piperazine rings is 1. The second kappa shape index (κ2) is 9.77. The molecule has 0 bridgehead atoms. The Kier molecular flexibility index (Phi) is 7.11. The highest BCUT2D eigenvalue weighted by Gasteiger charge is 2.70. The number of nitrogens with zero attached hydrogens (tertiary/aromatic N) is 2. The average Bonchev–Trinajstić information content (AvgIpc) is 2.92. The lowest BCUT2D eigenvalue weighted by molar-refractivity contribution is -0.202. The van der Waals surface area contributed by atoms with Gasteiger partial charge in [-0.3, -0.25) is 9.59 Å². The number of aliphatic hydroxyl groups is 1. The predicted octanol–water partition coefficient (Wildman–Crippen LogP) is 6.66. The lowest BCUT2D eigenvalue weighted by Crippen LogP contribution is -2.66. The van der Waals surface area contributed by atoms with Crippen molar-refractivity contribution < 1.29 is 14.7 Å². The zero-order valence-corrected chi connectivity index (χ0v) is 27.9. The van der Waals surface area contributed by atoms with Crippen LogP contribution in [0.4, 0.5) is 0 Å². The largest absolute Gasteiger partial charge is 0.393 e. The van der Waals surface area contributed by atoms with E-state index in [0.29, 0.717) is 17.6 Å². The Balaban J connectivity index is 1.31. The number of hydrogen-bond donors (Lipinski definition) is 1. The van der Waals surface area contributed by atoms with Gasteiger partial charge in [-0.05, 0) is 121 Å². The van der Waals surface area contributed by atoms with Gasteiger partial charge in [0, 0.05) is 32.1 Å². The fraction of sp³-hybridized carbons (Fsp3) is 0.838. The van der Waals surface area contributed by atoms with E-state index in [-0.39, 0.29) is 50.4 Å². The number of hydrogen-bond acceptors (Lipinski definition) is 4. The number of carbonyl (C=O) groups is 2. The van der Waals surface area contributed by atoms with Gasteiger partial charge < -0.3 is 14.9 Å². The Hall–Kier alpha value is -1.46. The molecule has 5 nitrogen and oxygen atoms in total. The van der Waals surface area contributed by atoms with Crippen molar-refractivity contribution in [2.45, 2.75) is 112 Å². The highest BCUT2D eigenvalue weighted by atomic mass is 16.3. The number of fused-ring (bicyclic) bond motifs is 7. The number of carbonyl (C=O) groups excluding carboxylic acids is 2. The molecule has 1 N–H and O–H groups in total. The van der Waals surface area contributed by atoms with Gasteiger partial charge in [0.05, 0.1) is 6.10 Å². The summed E-state index contributed by atoms with van der Waals surface area (Å²) in [5.74, 6) is 1.27. The first-order valence-electron chi connectivity index (χ1n) is 17.1. The first kappa shape index (κ1) is 30.6. The second-order valence-corrected chi connectivity index (χ2v) is 17.7. The van der Waals surface area contributed by atoms with Crippen molar-refractivity contribution in [3.8, 4) is 0 Å². The van der Waals surface area contributed by atoms with Crippen molar-refractivity contribution >= 4 is 11.7 Å². The van der Waals surface area contributed by atoms with Crippen LogP contribution in [0.3, 0.4) is 0 Å².